The van der Waals surface area contributed by atoms with Gasteiger partial charge >= 0.3 is 5.97 Å². The van der Waals surface area contributed by atoms with Crippen LogP contribution in [0.1, 0.15) is 80.1 Å². The number of hydrogen-bond acceptors (Lipinski definition) is 11. The first-order valence-corrected chi connectivity index (χ1v) is 16.1. The van der Waals surface area contributed by atoms with E-state index in [4.69, 9.17) is 17.2 Å². The van der Waals surface area contributed by atoms with Crippen molar-refractivity contribution >= 4 is 41.4 Å². The molecule has 0 aliphatic carbocycles. The molecule has 14 N–H and O–H groups in total. The topological polar surface area (TPSA) is 318 Å². The van der Waals surface area contributed by atoms with Gasteiger partial charge in [-0.25, -0.2) is 4.79 Å². The number of nitrogens with one attached hydrogen (secondary N) is 5. The van der Waals surface area contributed by atoms with Crippen molar-refractivity contribution in [3.8, 4) is 0 Å². The molecule has 18 nitrogen and oxygen atoms in total. The third-order valence-corrected chi connectivity index (χ3v) is 7.80. The van der Waals surface area contributed by atoms with Gasteiger partial charge in [0, 0.05) is 6.42 Å². The Morgan fingerprint density at radius 3 is 1.56 bits per heavy atom. The Labute approximate surface area is 281 Å². The van der Waals surface area contributed by atoms with Crippen LogP contribution in [0.4, 0.5) is 0 Å². The van der Waals surface area contributed by atoms with Crippen LogP contribution in [0.25, 0.3) is 0 Å². The summed E-state index contributed by atoms with van der Waals surface area (Å²) in [6, 6.07) is -8.15. The molecule has 0 aromatic rings. The van der Waals surface area contributed by atoms with Gasteiger partial charge in [-0.3, -0.25) is 28.8 Å². The molecule has 276 valence electrons. The predicted octanol–water partition coefficient (Wildman–Crippen LogP) is -3.32. The number of carboxylic acids is 1. The molecule has 0 unspecified atom stereocenters. The Bertz CT molecular complexity index is 1100. The Hall–Kier alpha value is -3.87. The molecular weight excluding hydrogens is 632 g/mol. The summed E-state index contributed by atoms with van der Waals surface area (Å²) in [5.74, 6) is -7.42. The van der Waals surface area contributed by atoms with Gasteiger partial charge in [0.25, 0.3) is 0 Å². The van der Waals surface area contributed by atoms with Gasteiger partial charge in [-0.1, -0.05) is 34.1 Å². The van der Waals surface area contributed by atoms with Crippen LogP contribution in [-0.2, 0) is 33.6 Å². The maximum absolute atomic E-state index is 13.5. The number of hydrogen-bond donors (Lipinski definition) is 11. The summed E-state index contributed by atoms with van der Waals surface area (Å²) in [5.41, 5.74) is 16.4. The average Bonchev–Trinajstić information content (AvgIpc) is 3.00. The lowest BCUT2D eigenvalue weighted by atomic mass is 9.96. The molecule has 0 rings (SSSR count). The second-order valence-electron chi connectivity index (χ2n) is 12.3. The number of carbonyl (C=O) groups is 7. The number of aliphatic hydroxyl groups is 2. The highest BCUT2D eigenvalue weighted by molar-refractivity contribution is 5.96. The minimum atomic E-state index is -1.61. The van der Waals surface area contributed by atoms with Crippen LogP contribution in [0.2, 0.25) is 0 Å². The van der Waals surface area contributed by atoms with E-state index < -0.39 is 102 Å². The van der Waals surface area contributed by atoms with Gasteiger partial charge in [0.1, 0.15) is 36.3 Å². The van der Waals surface area contributed by atoms with E-state index in [0.717, 1.165) is 0 Å². The molecule has 18 heteroatoms. The van der Waals surface area contributed by atoms with Gasteiger partial charge in [-0.2, -0.15) is 0 Å². The SMILES string of the molecule is CC[C@H](C)[C@H](NC(=O)[C@H](CCC(N)=O)NC(=O)[C@@H](N)[C@@H](C)O)C(=O)N[C@H](C(=O)N[C@@H](CCCCN)C(=O)N[C@H](C(=O)O)C(C)C)[C@@H](C)O. The zero-order valence-corrected chi connectivity index (χ0v) is 28.7. The Morgan fingerprint density at radius 1 is 0.646 bits per heavy atom. The number of unbranched alkanes of at least 4 members (excludes halogenated alkanes) is 1. The smallest absolute Gasteiger partial charge is 0.326 e. The summed E-state index contributed by atoms with van der Waals surface area (Å²) in [7, 11) is 0. The molecule has 0 bridgehead atoms. The van der Waals surface area contributed by atoms with Crippen molar-refractivity contribution in [2.24, 2.45) is 29.0 Å². The zero-order chi connectivity index (χ0) is 37.3. The van der Waals surface area contributed by atoms with Crippen LogP contribution in [0, 0.1) is 11.8 Å². The number of rotatable bonds is 23. The number of aliphatic carboxylic acids is 1. The minimum absolute atomic E-state index is 0.0857. The predicted molar refractivity (Wildman–Crippen MR) is 174 cm³/mol. The molecule has 48 heavy (non-hydrogen) atoms. The maximum atomic E-state index is 13.5. The van der Waals surface area contributed by atoms with E-state index in [1.54, 1.807) is 27.7 Å². The van der Waals surface area contributed by atoms with E-state index in [0.29, 0.717) is 25.8 Å². The fraction of sp³-hybridized carbons (Fsp3) is 0.767. The first-order chi connectivity index (χ1) is 22.3. The molecule has 0 aromatic heterocycles. The quantitative estimate of drug-likeness (QED) is 0.0470. The molecule has 0 saturated carbocycles. The molecule has 0 radical (unpaired) electrons. The minimum Gasteiger partial charge on any atom is -0.480 e. The molecule has 9 atom stereocenters. The summed E-state index contributed by atoms with van der Waals surface area (Å²) < 4.78 is 0. The van der Waals surface area contributed by atoms with Gasteiger partial charge in [-0.15, -0.1) is 0 Å². The highest BCUT2D eigenvalue weighted by Gasteiger charge is 2.36. The van der Waals surface area contributed by atoms with Crippen LogP contribution < -0.4 is 43.8 Å². The maximum Gasteiger partial charge on any atom is 0.326 e. The molecule has 0 saturated heterocycles. The van der Waals surface area contributed by atoms with Gasteiger partial charge in [0.2, 0.25) is 35.4 Å². The Balaban J connectivity index is 6.13. The molecule has 0 aromatic carbocycles. The summed E-state index contributed by atoms with van der Waals surface area (Å²) in [6.45, 7) is 9.38. The number of amides is 6. The van der Waals surface area contributed by atoms with E-state index in [9.17, 15) is 48.9 Å². The fourth-order valence-electron chi connectivity index (χ4n) is 4.44. The number of carbonyl (C=O) groups excluding carboxylic acids is 6. The fourth-order valence-corrected chi connectivity index (χ4v) is 4.44. The van der Waals surface area contributed by atoms with Gasteiger partial charge in [-0.05, 0) is 57.9 Å². The van der Waals surface area contributed by atoms with Crippen molar-refractivity contribution in [1.82, 2.24) is 26.6 Å². The largest absolute Gasteiger partial charge is 0.480 e. The third-order valence-electron chi connectivity index (χ3n) is 7.80. The first-order valence-electron chi connectivity index (χ1n) is 16.1. The van der Waals surface area contributed by atoms with E-state index in [1.807, 2.05) is 0 Å². The van der Waals surface area contributed by atoms with Gasteiger partial charge in [0.15, 0.2) is 0 Å². The monoisotopic (exact) mass is 688 g/mol. The second kappa shape index (κ2) is 21.9. The second-order valence-corrected chi connectivity index (χ2v) is 12.3. The molecule has 0 heterocycles. The first kappa shape index (κ1) is 44.1. The number of carboxylic acid groups (broad SMARTS) is 1. The molecular formula is C30H56N8O10. The van der Waals surface area contributed by atoms with Crippen molar-refractivity contribution in [2.45, 2.75) is 129 Å². The number of primary amides is 1. The van der Waals surface area contributed by atoms with Crippen molar-refractivity contribution in [1.29, 1.82) is 0 Å². The van der Waals surface area contributed by atoms with E-state index in [1.165, 1.54) is 13.8 Å². The molecule has 0 spiro atoms. The Morgan fingerprint density at radius 2 is 1.12 bits per heavy atom. The van der Waals surface area contributed by atoms with E-state index in [-0.39, 0.29) is 19.3 Å². The lowest BCUT2D eigenvalue weighted by Crippen LogP contribution is -2.62. The van der Waals surface area contributed by atoms with Crippen LogP contribution in [0.15, 0.2) is 0 Å². The van der Waals surface area contributed by atoms with Crippen molar-refractivity contribution < 1.29 is 48.9 Å². The summed E-state index contributed by atoms with van der Waals surface area (Å²) in [6.07, 6.45) is -1.95. The van der Waals surface area contributed by atoms with Gasteiger partial charge < -0.3 is 59.1 Å². The third kappa shape index (κ3) is 15.4. The molecule has 0 aliphatic heterocycles. The summed E-state index contributed by atoms with van der Waals surface area (Å²) in [4.78, 5) is 88.9. The van der Waals surface area contributed by atoms with E-state index in [2.05, 4.69) is 26.6 Å². The summed E-state index contributed by atoms with van der Waals surface area (Å²) >= 11 is 0. The van der Waals surface area contributed by atoms with E-state index >= 15 is 0 Å². The molecule has 0 fully saturated rings. The zero-order valence-electron chi connectivity index (χ0n) is 28.7. The lowest BCUT2D eigenvalue weighted by Gasteiger charge is -2.30. The number of aliphatic hydroxyl groups excluding tert-OH is 2. The molecule has 6 amide bonds. The van der Waals surface area contributed by atoms with Crippen LogP contribution in [-0.4, -0.2) is 112 Å². The van der Waals surface area contributed by atoms with Gasteiger partial charge in [0.05, 0.1) is 12.2 Å². The Kier molecular flexibility index (Phi) is 20.1. The van der Waals surface area contributed by atoms with Crippen LogP contribution in [0.3, 0.4) is 0 Å². The van der Waals surface area contributed by atoms with Crippen molar-refractivity contribution in [3.63, 3.8) is 0 Å². The summed E-state index contributed by atoms with van der Waals surface area (Å²) in [5, 5.41) is 41.8. The molecule has 0 aliphatic rings. The standard InChI is InChI=1S/C30H56N8O10/c1-7-15(4)23(37-26(43)19(11-12-20(32)41)34-27(44)21(33)16(5)39)28(45)38-24(17(6)40)29(46)35-18(10-8-9-13-31)25(42)36-22(14(2)3)30(47)48/h14-19,21-24,39-40H,7-13,31,33H2,1-6H3,(H2,32,41)(H,34,44)(H,35,46)(H,36,42)(H,37,43)(H,38,45)(H,47,48)/t15-,16+,17+,18-,19-,21-,22-,23-,24-/m0/s1. The lowest BCUT2D eigenvalue weighted by molar-refractivity contribution is -0.143. The van der Waals surface area contributed by atoms with Crippen LogP contribution >= 0.6 is 0 Å². The highest BCUT2D eigenvalue weighted by Crippen LogP contribution is 2.12. The number of nitrogens with two attached hydrogens (primary N) is 3. The van der Waals surface area contributed by atoms with Crippen molar-refractivity contribution in [3.05, 3.63) is 0 Å². The van der Waals surface area contributed by atoms with Crippen molar-refractivity contribution in [2.75, 3.05) is 6.54 Å². The normalized spacial score (nSPS) is 16.9. The van der Waals surface area contributed by atoms with Crippen LogP contribution in [0.5, 0.6) is 0 Å². The highest BCUT2D eigenvalue weighted by atomic mass is 16.4. The average molecular weight is 689 g/mol.